The SMILES string of the molecule is Nc1ccc2c(c1=Cc1ccccc1O)=Cc1ccccc1-2. The Hall–Kier alpha value is -3.00. The molecule has 0 amide bonds. The second kappa shape index (κ2) is 4.78. The number of anilines is 1. The second-order valence-corrected chi connectivity index (χ2v) is 5.46. The van der Waals surface area contributed by atoms with Crippen molar-refractivity contribution < 1.29 is 5.11 Å². The van der Waals surface area contributed by atoms with Gasteiger partial charge >= 0.3 is 0 Å². The lowest BCUT2D eigenvalue weighted by Crippen LogP contribution is -2.28. The van der Waals surface area contributed by atoms with E-state index in [1.165, 1.54) is 16.7 Å². The van der Waals surface area contributed by atoms with Crippen molar-refractivity contribution in [3.05, 3.63) is 82.2 Å². The Morgan fingerprint density at radius 1 is 0.818 bits per heavy atom. The Balaban J connectivity index is 2.06. The van der Waals surface area contributed by atoms with E-state index in [4.69, 9.17) is 5.73 Å². The first kappa shape index (κ1) is 12.7. The van der Waals surface area contributed by atoms with E-state index in [0.29, 0.717) is 5.69 Å². The molecule has 2 nitrogen and oxygen atoms in total. The van der Waals surface area contributed by atoms with Crippen LogP contribution >= 0.6 is 0 Å². The Morgan fingerprint density at radius 3 is 2.45 bits per heavy atom. The van der Waals surface area contributed by atoms with Crippen molar-refractivity contribution in [1.29, 1.82) is 0 Å². The number of nitrogen functional groups attached to an aromatic ring is 1. The molecule has 2 heteroatoms. The lowest BCUT2D eigenvalue weighted by molar-refractivity contribution is 0.474. The second-order valence-electron chi connectivity index (χ2n) is 5.46. The van der Waals surface area contributed by atoms with Gasteiger partial charge < -0.3 is 10.8 Å². The fraction of sp³-hybridized carbons (Fsp3) is 0. The van der Waals surface area contributed by atoms with E-state index in [1.54, 1.807) is 6.07 Å². The summed E-state index contributed by atoms with van der Waals surface area (Å²) < 4.78 is 0. The Kier molecular flexibility index (Phi) is 2.76. The van der Waals surface area contributed by atoms with Crippen LogP contribution in [0.4, 0.5) is 5.69 Å². The first-order valence-corrected chi connectivity index (χ1v) is 7.23. The van der Waals surface area contributed by atoms with Crippen LogP contribution in [0.3, 0.4) is 0 Å². The van der Waals surface area contributed by atoms with Crippen LogP contribution in [0.15, 0.2) is 60.7 Å². The third kappa shape index (κ3) is 1.89. The average molecular weight is 285 g/mol. The van der Waals surface area contributed by atoms with Crippen LogP contribution in [0.1, 0.15) is 11.1 Å². The fourth-order valence-corrected chi connectivity index (χ4v) is 2.99. The summed E-state index contributed by atoms with van der Waals surface area (Å²) in [6.45, 7) is 0. The molecule has 4 rings (SSSR count). The number of phenolic OH excluding ortho intramolecular Hbond substituents is 1. The molecule has 0 spiro atoms. The number of rotatable bonds is 1. The molecule has 0 saturated heterocycles. The maximum Gasteiger partial charge on any atom is 0.122 e. The molecule has 0 aliphatic heterocycles. The summed E-state index contributed by atoms with van der Waals surface area (Å²) in [5.74, 6) is 0.259. The van der Waals surface area contributed by atoms with Crippen molar-refractivity contribution in [2.24, 2.45) is 0 Å². The van der Waals surface area contributed by atoms with Crippen LogP contribution in [0.25, 0.3) is 23.3 Å². The summed E-state index contributed by atoms with van der Waals surface area (Å²) >= 11 is 0. The van der Waals surface area contributed by atoms with Crippen molar-refractivity contribution >= 4 is 17.8 Å². The highest BCUT2D eigenvalue weighted by atomic mass is 16.3. The molecular weight excluding hydrogens is 270 g/mol. The summed E-state index contributed by atoms with van der Waals surface area (Å²) in [6.07, 6.45) is 4.11. The number of fused-ring (bicyclic) bond motifs is 3. The minimum absolute atomic E-state index is 0.259. The summed E-state index contributed by atoms with van der Waals surface area (Å²) in [5, 5.41) is 12.1. The van der Waals surface area contributed by atoms with Gasteiger partial charge in [0.1, 0.15) is 5.75 Å². The van der Waals surface area contributed by atoms with Crippen LogP contribution < -0.4 is 16.2 Å². The highest BCUT2D eigenvalue weighted by Crippen LogP contribution is 2.25. The van der Waals surface area contributed by atoms with E-state index in [9.17, 15) is 5.11 Å². The molecular formula is C20H15NO. The zero-order chi connectivity index (χ0) is 15.1. The molecule has 1 aliphatic carbocycles. The van der Waals surface area contributed by atoms with Crippen LogP contribution in [0.2, 0.25) is 0 Å². The highest BCUT2D eigenvalue weighted by molar-refractivity contribution is 5.84. The summed E-state index contributed by atoms with van der Waals surface area (Å²) in [5.41, 5.74) is 11.3. The van der Waals surface area contributed by atoms with E-state index in [1.807, 2.05) is 42.5 Å². The minimum atomic E-state index is 0.259. The fourth-order valence-electron chi connectivity index (χ4n) is 2.99. The molecule has 3 N–H and O–H groups in total. The predicted molar refractivity (Wildman–Crippen MR) is 90.8 cm³/mol. The van der Waals surface area contributed by atoms with Crippen LogP contribution in [-0.2, 0) is 0 Å². The molecule has 0 atom stereocenters. The first-order valence-electron chi connectivity index (χ1n) is 7.23. The molecule has 3 aromatic carbocycles. The smallest absolute Gasteiger partial charge is 0.122 e. The van der Waals surface area contributed by atoms with E-state index in [-0.39, 0.29) is 5.75 Å². The molecule has 22 heavy (non-hydrogen) atoms. The number of nitrogens with two attached hydrogens (primary N) is 1. The quantitative estimate of drug-likeness (QED) is 0.528. The maximum absolute atomic E-state index is 10.0. The van der Waals surface area contributed by atoms with Gasteiger partial charge in [-0.3, -0.25) is 0 Å². The topological polar surface area (TPSA) is 46.2 Å². The van der Waals surface area contributed by atoms with Crippen LogP contribution in [0, 0.1) is 0 Å². The standard InChI is InChI=1S/C20H15NO/c21-19-10-9-16-15-7-3-1-5-13(15)11-17(16)18(19)12-14-6-2-4-8-20(14)22/h1-12,22H,21H2. The normalized spacial score (nSPS) is 12.6. The molecule has 0 heterocycles. The third-order valence-electron chi connectivity index (χ3n) is 4.11. The number of para-hydroxylation sites is 1. The van der Waals surface area contributed by atoms with Gasteiger partial charge in [-0.25, -0.2) is 0 Å². The monoisotopic (exact) mass is 285 g/mol. The molecule has 0 bridgehead atoms. The van der Waals surface area contributed by atoms with Crippen molar-refractivity contribution in [2.45, 2.75) is 0 Å². The van der Waals surface area contributed by atoms with E-state index < -0.39 is 0 Å². The van der Waals surface area contributed by atoms with Crippen LogP contribution in [0.5, 0.6) is 5.75 Å². The van der Waals surface area contributed by atoms with Crippen molar-refractivity contribution in [3.8, 4) is 16.9 Å². The molecule has 3 aromatic rings. The number of aromatic hydroxyl groups is 1. The molecule has 0 unspecified atom stereocenters. The predicted octanol–water partition coefficient (Wildman–Crippen LogP) is 2.61. The van der Waals surface area contributed by atoms with Gasteiger partial charge in [0.25, 0.3) is 0 Å². The van der Waals surface area contributed by atoms with E-state index in [2.05, 4.69) is 24.3 Å². The van der Waals surface area contributed by atoms with Crippen LogP contribution in [-0.4, -0.2) is 5.11 Å². The van der Waals surface area contributed by atoms with Gasteiger partial charge in [-0.05, 0) is 46.2 Å². The number of hydrogen-bond donors (Lipinski definition) is 2. The molecule has 106 valence electrons. The first-order chi connectivity index (χ1) is 10.7. The average Bonchev–Trinajstić information content (AvgIpc) is 2.91. The Bertz CT molecular complexity index is 1000. The van der Waals surface area contributed by atoms with Crippen molar-refractivity contribution in [1.82, 2.24) is 0 Å². The third-order valence-corrected chi connectivity index (χ3v) is 4.11. The minimum Gasteiger partial charge on any atom is -0.507 e. The molecule has 0 radical (unpaired) electrons. The lowest BCUT2D eigenvalue weighted by Gasteiger charge is -2.03. The van der Waals surface area contributed by atoms with Gasteiger partial charge in [-0.1, -0.05) is 48.5 Å². The zero-order valence-corrected chi connectivity index (χ0v) is 12.0. The Labute approximate surface area is 128 Å². The van der Waals surface area contributed by atoms with E-state index >= 15 is 0 Å². The molecule has 0 saturated carbocycles. The zero-order valence-electron chi connectivity index (χ0n) is 12.0. The van der Waals surface area contributed by atoms with E-state index in [0.717, 1.165) is 16.0 Å². The number of phenols is 1. The molecule has 0 aromatic heterocycles. The summed E-state index contributed by atoms with van der Waals surface area (Å²) in [4.78, 5) is 0. The van der Waals surface area contributed by atoms with Gasteiger partial charge in [-0.2, -0.15) is 0 Å². The van der Waals surface area contributed by atoms with Crippen molar-refractivity contribution in [2.75, 3.05) is 5.73 Å². The van der Waals surface area contributed by atoms with Crippen molar-refractivity contribution in [3.63, 3.8) is 0 Å². The number of hydrogen-bond acceptors (Lipinski definition) is 2. The lowest BCUT2D eigenvalue weighted by atomic mass is 10.0. The highest BCUT2D eigenvalue weighted by Gasteiger charge is 2.12. The Morgan fingerprint density at radius 2 is 1.59 bits per heavy atom. The number of benzene rings is 3. The molecule has 1 aliphatic rings. The maximum atomic E-state index is 10.0. The largest absolute Gasteiger partial charge is 0.507 e. The summed E-state index contributed by atoms with van der Waals surface area (Å²) in [7, 11) is 0. The van der Waals surface area contributed by atoms with Gasteiger partial charge in [0.15, 0.2) is 0 Å². The van der Waals surface area contributed by atoms with Gasteiger partial charge in [-0.15, -0.1) is 0 Å². The summed E-state index contributed by atoms with van der Waals surface area (Å²) in [6, 6.07) is 19.6. The molecule has 0 fully saturated rings. The van der Waals surface area contributed by atoms with Gasteiger partial charge in [0, 0.05) is 16.5 Å². The van der Waals surface area contributed by atoms with Gasteiger partial charge in [0.2, 0.25) is 0 Å². The van der Waals surface area contributed by atoms with Gasteiger partial charge in [0.05, 0.1) is 0 Å².